The molecule has 2 aliphatic rings. The van der Waals surface area contributed by atoms with E-state index in [2.05, 4.69) is 65.3 Å². The van der Waals surface area contributed by atoms with Gasteiger partial charge < -0.3 is 0 Å². The Hall–Kier alpha value is -2.19. The van der Waals surface area contributed by atoms with Crippen LogP contribution in [0.3, 0.4) is 0 Å². The molecule has 3 heterocycles. The van der Waals surface area contributed by atoms with Crippen LogP contribution in [0.2, 0.25) is 0 Å². The van der Waals surface area contributed by atoms with Gasteiger partial charge in [0.05, 0.1) is 0 Å². The fourth-order valence-electron chi connectivity index (χ4n) is 5.25. The van der Waals surface area contributed by atoms with E-state index < -0.39 is 0 Å². The number of hydrogen-bond donors (Lipinski definition) is 0. The van der Waals surface area contributed by atoms with Crippen LogP contribution in [0.4, 0.5) is 0 Å². The third-order valence-corrected chi connectivity index (χ3v) is 6.55. The Balaban J connectivity index is 1.36. The smallest absolute Gasteiger partial charge is 0.0346 e. The van der Waals surface area contributed by atoms with E-state index in [0.29, 0.717) is 0 Å². The highest BCUT2D eigenvalue weighted by Gasteiger charge is 2.45. The van der Waals surface area contributed by atoms with Crippen molar-refractivity contribution in [3.05, 3.63) is 77.6 Å². The van der Waals surface area contributed by atoms with Gasteiger partial charge in [0.25, 0.3) is 0 Å². The number of rotatable bonds is 4. The number of aromatic nitrogens is 1. The normalized spacial score (nSPS) is 25.2. The molecule has 0 N–H and O–H groups in total. The second kappa shape index (κ2) is 6.51. The average Bonchev–Trinajstić information content (AvgIpc) is 3.20. The van der Waals surface area contributed by atoms with Gasteiger partial charge in [-0.05, 0) is 61.1 Å². The van der Waals surface area contributed by atoms with Crippen molar-refractivity contribution >= 4 is 10.8 Å². The summed E-state index contributed by atoms with van der Waals surface area (Å²) in [4.78, 5) is 7.07. The van der Waals surface area contributed by atoms with Crippen LogP contribution in [-0.4, -0.2) is 22.0 Å². The minimum atomic E-state index is 0.749. The summed E-state index contributed by atoms with van der Waals surface area (Å²) in [5.41, 5.74) is 4.31. The molecule has 2 fully saturated rings. The van der Waals surface area contributed by atoms with Gasteiger partial charge in [-0.1, -0.05) is 48.0 Å². The van der Waals surface area contributed by atoms with Crippen LogP contribution in [0.5, 0.6) is 0 Å². The molecule has 3 unspecified atom stereocenters. The highest BCUT2D eigenvalue weighted by Crippen LogP contribution is 2.44. The molecular formula is C24H26N2. The minimum Gasteiger partial charge on any atom is -0.293 e. The summed E-state index contributed by atoms with van der Waals surface area (Å²) in [6.07, 6.45) is 9.23. The lowest BCUT2D eigenvalue weighted by Crippen LogP contribution is -2.30. The summed E-state index contributed by atoms with van der Waals surface area (Å²) in [5.74, 6) is 0.790. The van der Waals surface area contributed by atoms with Gasteiger partial charge in [-0.3, -0.25) is 9.88 Å². The van der Waals surface area contributed by atoms with Gasteiger partial charge in [-0.15, -0.1) is 0 Å². The van der Waals surface area contributed by atoms with Crippen LogP contribution in [-0.2, 0) is 13.0 Å². The fourth-order valence-corrected chi connectivity index (χ4v) is 5.25. The van der Waals surface area contributed by atoms with Crippen molar-refractivity contribution in [2.24, 2.45) is 5.92 Å². The molecule has 2 aromatic carbocycles. The van der Waals surface area contributed by atoms with E-state index in [0.717, 1.165) is 24.5 Å². The lowest BCUT2D eigenvalue weighted by Gasteiger charge is -2.25. The molecule has 0 aliphatic carbocycles. The minimum absolute atomic E-state index is 0.749. The van der Waals surface area contributed by atoms with E-state index in [4.69, 9.17) is 0 Å². The van der Waals surface area contributed by atoms with E-state index >= 15 is 0 Å². The summed E-state index contributed by atoms with van der Waals surface area (Å²) in [7, 11) is 0. The molecule has 5 rings (SSSR count). The van der Waals surface area contributed by atoms with Crippen LogP contribution in [0.15, 0.2) is 60.9 Å². The van der Waals surface area contributed by atoms with Crippen LogP contribution in [0, 0.1) is 12.8 Å². The van der Waals surface area contributed by atoms with Gasteiger partial charge in [0.15, 0.2) is 0 Å². The molecule has 0 saturated carbocycles. The van der Waals surface area contributed by atoms with Gasteiger partial charge in [0, 0.05) is 36.4 Å². The molecular weight excluding hydrogens is 316 g/mol. The molecule has 0 amide bonds. The Morgan fingerprint density at radius 1 is 1.04 bits per heavy atom. The van der Waals surface area contributed by atoms with Crippen molar-refractivity contribution in [1.29, 1.82) is 0 Å². The first-order valence-electron chi connectivity index (χ1n) is 9.91. The first-order chi connectivity index (χ1) is 12.8. The van der Waals surface area contributed by atoms with E-state index in [-0.39, 0.29) is 0 Å². The fraction of sp³-hybridized carbons (Fsp3) is 0.375. The molecule has 2 saturated heterocycles. The summed E-state index contributed by atoms with van der Waals surface area (Å²) in [5, 5.41) is 2.65. The first kappa shape index (κ1) is 16.0. The van der Waals surface area contributed by atoms with E-state index in [1.165, 1.54) is 53.1 Å². The molecule has 132 valence electrons. The lowest BCUT2D eigenvalue weighted by molar-refractivity contribution is 0.227. The molecule has 2 aliphatic heterocycles. The third kappa shape index (κ3) is 2.83. The summed E-state index contributed by atoms with van der Waals surface area (Å²) >= 11 is 0. The Labute approximate surface area is 155 Å². The number of nitrogens with zero attached hydrogens (tertiary/aromatic N) is 2. The van der Waals surface area contributed by atoms with Crippen LogP contribution in [0.1, 0.15) is 36.0 Å². The van der Waals surface area contributed by atoms with E-state index in [9.17, 15) is 0 Å². The quantitative estimate of drug-likeness (QED) is 0.653. The SMILES string of the molecule is Cc1ccc(CN2C3CCC2C(Cc2cccc4cnccc24)C3)cc1. The molecule has 0 radical (unpaired) electrons. The molecule has 2 heteroatoms. The number of aryl methyl sites for hydroxylation is 1. The standard InChI is InChI=1S/C24H26N2/c1-17-5-7-18(8-6-17)16-26-22-9-10-24(26)21(14-22)13-19-3-2-4-20-15-25-12-11-23(19)20/h2-8,11-12,15,21-22,24H,9-10,13-14,16H2,1H3. The van der Waals surface area contributed by atoms with E-state index in [1.807, 2.05) is 12.4 Å². The monoisotopic (exact) mass is 342 g/mol. The first-order valence-corrected chi connectivity index (χ1v) is 9.91. The molecule has 3 aromatic rings. The Kier molecular flexibility index (Phi) is 4.01. The third-order valence-electron chi connectivity index (χ3n) is 6.55. The van der Waals surface area contributed by atoms with Gasteiger partial charge >= 0.3 is 0 Å². The van der Waals surface area contributed by atoms with Gasteiger partial charge in [-0.25, -0.2) is 0 Å². The maximum atomic E-state index is 4.28. The second-order valence-corrected chi connectivity index (χ2v) is 8.17. The topological polar surface area (TPSA) is 16.1 Å². The molecule has 2 nitrogen and oxygen atoms in total. The summed E-state index contributed by atoms with van der Waals surface area (Å²) in [6.45, 7) is 3.28. The molecule has 26 heavy (non-hydrogen) atoms. The van der Waals surface area contributed by atoms with Gasteiger partial charge in [0.1, 0.15) is 0 Å². The Bertz CT molecular complexity index is 910. The van der Waals surface area contributed by atoms with Crippen molar-refractivity contribution < 1.29 is 0 Å². The number of benzene rings is 2. The average molecular weight is 342 g/mol. The molecule has 3 atom stereocenters. The lowest BCUT2D eigenvalue weighted by atomic mass is 9.84. The zero-order chi connectivity index (χ0) is 17.5. The number of fused-ring (bicyclic) bond motifs is 3. The predicted octanol–water partition coefficient (Wildman–Crippen LogP) is 5.14. The van der Waals surface area contributed by atoms with Crippen molar-refractivity contribution in [3.63, 3.8) is 0 Å². The number of pyridine rings is 1. The predicted molar refractivity (Wildman–Crippen MR) is 107 cm³/mol. The second-order valence-electron chi connectivity index (χ2n) is 8.17. The van der Waals surface area contributed by atoms with Crippen LogP contribution < -0.4 is 0 Å². The van der Waals surface area contributed by atoms with E-state index in [1.54, 1.807) is 0 Å². The Morgan fingerprint density at radius 2 is 1.92 bits per heavy atom. The van der Waals surface area contributed by atoms with Crippen molar-refractivity contribution in [3.8, 4) is 0 Å². The van der Waals surface area contributed by atoms with Crippen LogP contribution in [0.25, 0.3) is 10.8 Å². The van der Waals surface area contributed by atoms with Crippen LogP contribution >= 0.6 is 0 Å². The van der Waals surface area contributed by atoms with Gasteiger partial charge in [-0.2, -0.15) is 0 Å². The van der Waals surface area contributed by atoms with Crippen molar-refractivity contribution in [2.45, 2.75) is 51.2 Å². The van der Waals surface area contributed by atoms with Crippen molar-refractivity contribution in [1.82, 2.24) is 9.88 Å². The highest BCUT2D eigenvalue weighted by molar-refractivity contribution is 5.84. The maximum Gasteiger partial charge on any atom is 0.0346 e. The largest absolute Gasteiger partial charge is 0.293 e. The van der Waals surface area contributed by atoms with Crippen molar-refractivity contribution in [2.75, 3.05) is 0 Å². The molecule has 0 spiro atoms. The summed E-state index contributed by atoms with van der Waals surface area (Å²) in [6, 6.07) is 19.5. The highest BCUT2D eigenvalue weighted by atomic mass is 15.2. The molecule has 1 aromatic heterocycles. The number of hydrogen-bond acceptors (Lipinski definition) is 2. The van der Waals surface area contributed by atoms with Gasteiger partial charge in [0.2, 0.25) is 0 Å². The zero-order valence-electron chi connectivity index (χ0n) is 15.4. The summed E-state index contributed by atoms with van der Waals surface area (Å²) < 4.78 is 0. The molecule has 2 bridgehead atoms. The Morgan fingerprint density at radius 3 is 2.81 bits per heavy atom. The zero-order valence-corrected chi connectivity index (χ0v) is 15.4. The maximum absolute atomic E-state index is 4.28.